The lowest BCUT2D eigenvalue weighted by Gasteiger charge is -2.25. The second kappa shape index (κ2) is 5.26. The van der Waals surface area contributed by atoms with E-state index in [4.69, 9.17) is 9.84 Å². The molecule has 2 rings (SSSR count). The van der Waals surface area contributed by atoms with E-state index in [0.29, 0.717) is 24.2 Å². The van der Waals surface area contributed by atoms with Gasteiger partial charge in [-0.15, -0.1) is 0 Å². The van der Waals surface area contributed by atoms with Crippen molar-refractivity contribution in [3.63, 3.8) is 0 Å². The fraction of sp³-hybridized carbons (Fsp3) is 0.462. The van der Waals surface area contributed by atoms with E-state index >= 15 is 0 Å². The highest BCUT2D eigenvalue weighted by molar-refractivity contribution is 5.88. The molecule has 6 heteroatoms. The molecule has 2 heterocycles. The second-order valence-electron chi connectivity index (χ2n) is 4.43. The van der Waals surface area contributed by atoms with Crippen LogP contribution in [-0.2, 0) is 4.74 Å². The van der Waals surface area contributed by atoms with E-state index in [1.54, 1.807) is 6.92 Å². The summed E-state index contributed by atoms with van der Waals surface area (Å²) in [4.78, 5) is 28.1. The Bertz CT molecular complexity index is 589. The third kappa shape index (κ3) is 2.25. The summed E-state index contributed by atoms with van der Waals surface area (Å²) in [6.07, 6.45) is 3.55. The molecular weight excluding hydrogens is 248 g/mol. The molecule has 1 aliphatic heterocycles. The van der Waals surface area contributed by atoms with Crippen molar-refractivity contribution in [3.8, 4) is 0 Å². The van der Waals surface area contributed by atoms with E-state index in [2.05, 4.69) is 4.98 Å². The van der Waals surface area contributed by atoms with E-state index in [1.807, 2.05) is 6.92 Å². The maximum Gasteiger partial charge on any atom is 0.345 e. The molecule has 6 nitrogen and oxygen atoms in total. The van der Waals surface area contributed by atoms with E-state index in [9.17, 15) is 9.59 Å². The predicted molar refractivity (Wildman–Crippen MR) is 69.0 cm³/mol. The summed E-state index contributed by atoms with van der Waals surface area (Å²) in [5.74, 6) is -0.248. The van der Waals surface area contributed by atoms with Crippen molar-refractivity contribution in [1.82, 2.24) is 9.55 Å². The number of hydrogen-bond acceptors (Lipinski definition) is 5. The van der Waals surface area contributed by atoms with Gasteiger partial charge in [-0.25, -0.2) is 9.78 Å². The van der Waals surface area contributed by atoms with Crippen molar-refractivity contribution in [3.05, 3.63) is 34.2 Å². The van der Waals surface area contributed by atoms with E-state index < -0.39 is 11.5 Å². The molecule has 0 amide bonds. The second-order valence-corrected chi connectivity index (χ2v) is 4.43. The molecule has 1 N–H and O–H groups in total. The first-order chi connectivity index (χ1) is 9.10. The van der Waals surface area contributed by atoms with Crippen LogP contribution in [0.15, 0.2) is 17.3 Å². The number of aliphatic hydroxyl groups excluding tert-OH is 1. The largest absolute Gasteiger partial charge is 0.515 e. The van der Waals surface area contributed by atoms with Gasteiger partial charge in [-0.1, -0.05) is 0 Å². The third-order valence-corrected chi connectivity index (χ3v) is 3.20. The van der Waals surface area contributed by atoms with Crippen LogP contribution in [0.1, 0.15) is 48.9 Å². The summed E-state index contributed by atoms with van der Waals surface area (Å²) < 4.78 is 6.27. The van der Waals surface area contributed by atoms with Gasteiger partial charge < -0.3 is 9.84 Å². The zero-order valence-electron chi connectivity index (χ0n) is 10.9. The Hall–Kier alpha value is -2.11. The van der Waals surface area contributed by atoms with Crippen LogP contribution in [0.5, 0.6) is 0 Å². The molecule has 0 aromatic carbocycles. The highest BCUT2D eigenvalue weighted by Gasteiger charge is 2.25. The highest BCUT2D eigenvalue weighted by Crippen LogP contribution is 2.29. The maximum absolute atomic E-state index is 12.3. The molecule has 1 aromatic heterocycles. The zero-order chi connectivity index (χ0) is 14.0. The molecule has 0 aliphatic carbocycles. The quantitative estimate of drug-likeness (QED) is 0.649. The fourth-order valence-corrected chi connectivity index (χ4v) is 2.19. The first kappa shape index (κ1) is 13.3. The number of nitrogens with zero attached hydrogens (tertiary/aromatic N) is 2. The molecule has 1 aromatic rings. The van der Waals surface area contributed by atoms with Crippen molar-refractivity contribution in [1.29, 1.82) is 0 Å². The van der Waals surface area contributed by atoms with Crippen LogP contribution in [0.2, 0.25) is 0 Å². The lowest BCUT2D eigenvalue weighted by atomic mass is 10.0. The van der Waals surface area contributed by atoms with Gasteiger partial charge in [0.25, 0.3) is 5.56 Å². The topological polar surface area (TPSA) is 81.4 Å². The highest BCUT2D eigenvalue weighted by atomic mass is 16.5. The van der Waals surface area contributed by atoms with Crippen LogP contribution in [-0.4, -0.2) is 27.2 Å². The summed E-state index contributed by atoms with van der Waals surface area (Å²) in [5, 5.41) is 9.17. The first-order valence-electron chi connectivity index (χ1n) is 6.22. The van der Waals surface area contributed by atoms with E-state index in [0.717, 1.165) is 6.26 Å². The van der Waals surface area contributed by atoms with Crippen molar-refractivity contribution in [2.75, 3.05) is 6.61 Å². The molecule has 0 fully saturated rings. The van der Waals surface area contributed by atoms with Crippen LogP contribution in [0.3, 0.4) is 0 Å². The van der Waals surface area contributed by atoms with Crippen LogP contribution < -0.4 is 5.56 Å². The Morgan fingerprint density at radius 1 is 1.68 bits per heavy atom. The van der Waals surface area contributed by atoms with Crippen molar-refractivity contribution in [2.24, 2.45) is 0 Å². The molecule has 1 aliphatic rings. The van der Waals surface area contributed by atoms with Gasteiger partial charge in [0.15, 0.2) is 0 Å². The minimum atomic E-state index is -0.664. The van der Waals surface area contributed by atoms with Crippen LogP contribution >= 0.6 is 0 Å². The summed E-state index contributed by atoms with van der Waals surface area (Å²) >= 11 is 0. The minimum Gasteiger partial charge on any atom is -0.515 e. The molecular formula is C13H16N2O4. The molecule has 19 heavy (non-hydrogen) atoms. The first-order valence-corrected chi connectivity index (χ1v) is 6.22. The van der Waals surface area contributed by atoms with Gasteiger partial charge in [0.2, 0.25) is 0 Å². The minimum absolute atomic E-state index is 0.0620. The Balaban J connectivity index is 2.58. The average Bonchev–Trinajstić information content (AvgIpc) is 2.39. The van der Waals surface area contributed by atoms with Crippen molar-refractivity contribution in [2.45, 2.75) is 32.7 Å². The molecule has 0 saturated heterocycles. The Labute approximate surface area is 110 Å². The summed E-state index contributed by atoms with van der Waals surface area (Å²) in [5.41, 5.74) is 0.109. The lowest BCUT2D eigenvalue weighted by Crippen LogP contribution is -2.34. The van der Waals surface area contributed by atoms with Gasteiger partial charge in [0.1, 0.15) is 11.4 Å². The van der Waals surface area contributed by atoms with Gasteiger partial charge in [0, 0.05) is 17.8 Å². The standard InChI is InChI=1S/C13H16N2O4/c1-3-19-13(18)10-6-14-11-9(7-16)5-4-8(2)15(11)12(10)17/h6-8,16H,3-5H2,1-2H3/b9-7-. The summed E-state index contributed by atoms with van der Waals surface area (Å²) in [6, 6.07) is -0.0620. The molecule has 1 unspecified atom stereocenters. The van der Waals surface area contributed by atoms with Crippen molar-refractivity contribution >= 4 is 11.5 Å². The zero-order valence-corrected chi connectivity index (χ0v) is 10.9. The molecule has 0 bridgehead atoms. The SMILES string of the molecule is CCOC(=O)c1cnc2n(c1=O)C(C)CC/C2=C/O. The van der Waals surface area contributed by atoms with Gasteiger partial charge in [0.05, 0.1) is 12.9 Å². The van der Waals surface area contributed by atoms with Crippen LogP contribution in [0, 0.1) is 0 Å². The number of ether oxygens (including phenoxy) is 1. The number of carbonyl (C=O) groups excluding carboxylic acids is 1. The van der Waals surface area contributed by atoms with Gasteiger partial charge in [-0.3, -0.25) is 9.36 Å². The normalized spacial score (nSPS) is 20.1. The molecule has 0 spiro atoms. The number of allylic oxidation sites excluding steroid dienone is 1. The molecule has 0 saturated carbocycles. The third-order valence-electron chi connectivity index (χ3n) is 3.20. The lowest BCUT2D eigenvalue weighted by molar-refractivity contribution is 0.0522. The Morgan fingerprint density at radius 3 is 3.05 bits per heavy atom. The Kier molecular flexibility index (Phi) is 3.69. The number of hydrogen-bond donors (Lipinski definition) is 1. The van der Waals surface area contributed by atoms with Crippen LogP contribution in [0.25, 0.3) is 5.57 Å². The van der Waals surface area contributed by atoms with Gasteiger partial charge >= 0.3 is 5.97 Å². The summed E-state index contributed by atoms with van der Waals surface area (Å²) in [7, 11) is 0. The number of fused-ring (bicyclic) bond motifs is 1. The summed E-state index contributed by atoms with van der Waals surface area (Å²) in [6.45, 7) is 3.77. The molecule has 1 atom stereocenters. The fourth-order valence-electron chi connectivity index (χ4n) is 2.19. The van der Waals surface area contributed by atoms with Crippen LogP contribution in [0.4, 0.5) is 0 Å². The number of aromatic nitrogens is 2. The van der Waals surface area contributed by atoms with Gasteiger partial charge in [-0.05, 0) is 26.7 Å². The number of carbonyl (C=O) groups is 1. The average molecular weight is 264 g/mol. The number of esters is 1. The molecule has 102 valence electrons. The Morgan fingerprint density at radius 2 is 2.42 bits per heavy atom. The van der Waals surface area contributed by atoms with Gasteiger partial charge in [-0.2, -0.15) is 0 Å². The van der Waals surface area contributed by atoms with E-state index in [-0.39, 0.29) is 18.2 Å². The molecule has 0 radical (unpaired) electrons. The number of rotatable bonds is 2. The van der Waals surface area contributed by atoms with E-state index in [1.165, 1.54) is 10.8 Å². The van der Waals surface area contributed by atoms with Crippen molar-refractivity contribution < 1.29 is 14.6 Å². The maximum atomic E-state index is 12.3. The smallest absolute Gasteiger partial charge is 0.345 e. The predicted octanol–water partition coefficient (Wildman–Crippen LogP) is 1.67. The monoisotopic (exact) mass is 264 g/mol. The number of aliphatic hydroxyl groups is 1.